The lowest BCUT2D eigenvalue weighted by Crippen LogP contribution is -2.42. The number of aryl methyl sites for hydroxylation is 1. The zero-order chi connectivity index (χ0) is 14.7. The molecule has 1 saturated heterocycles. The monoisotopic (exact) mass is 298 g/mol. The number of β-amino-alcohol motifs (C(OH)–C–C–N with tert-alkyl or cyclic N) is 1. The highest BCUT2D eigenvalue weighted by Crippen LogP contribution is 2.27. The molecule has 3 nitrogen and oxygen atoms in total. The molecule has 0 aromatic heterocycles. The van der Waals surface area contributed by atoms with Crippen molar-refractivity contribution in [2.75, 3.05) is 17.2 Å². The molecule has 3 rings (SSSR count). The van der Waals surface area contributed by atoms with E-state index >= 15 is 0 Å². The molecule has 1 N–H and O–H groups in total. The van der Waals surface area contributed by atoms with Crippen LogP contribution < -0.4 is 4.90 Å². The molecule has 2 aromatic carbocycles. The van der Waals surface area contributed by atoms with Crippen molar-refractivity contribution in [1.82, 2.24) is 0 Å². The Labute approximate surface area is 129 Å². The average Bonchev–Trinajstić information content (AvgIpc) is 2.51. The second-order valence-electron chi connectivity index (χ2n) is 5.14. The van der Waals surface area contributed by atoms with E-state index in [4.69, 9.17) is 4.99 Å². The Balaban J connectivity index is 1.93. The topological polar surface area (TPSA) is 35.8 Å². The third-order valence-corrected chi connectivity index (χ3v) is 4.48. The first kappa shape index (κ1) is 14.2. The second kappa shape index (κ2) is 6.33. The van der Waals surface area contributed by atoms with Gasteiger partial charge in [-0.05, 0) is 31.2 Å². The van der Waals surface area contributed by atoms with Crippen molar-refractivity contribution in [2.45, 2.75) is 13.0 Å². The molecule has 1 atom stereocenters. The lowest BCUT2D eigenvalue weighted by atomic mass is 10.2. The van der Waals surface area contributed by atoms with Gasteiger partial charge in [-0.1, -0.05) is 47.7 Å². The molecule has 1 heterocycles. The van der Waals surface area contributed by atoms with Crippen LogP contribution in [0.5, 0.6) is 0 Å². The van der Waals surface area contributed by atoms with Gasteiger partial charge < -0.3 is 10.0 Å². The minimum atomic E-state index is -0.328. The van der Waals surface area contributed by atoms with E-state index in [1.54, 1.807) is 11.8 Å². The van der Waals surface area contributed by atoms with Crippen LogP contribution in [0.4, 0.5) is 11.4 Å². The van der Waals surface area contributed by atoms with Gasteiger partial charge in [-0.3, -0.25) is 0 Å². The first-order chi connectivity index (χ1) is 10.2. The Hall–Kier alpha value is -1.78. The normalized spacial score (nSPS) is 20.8. The van der Waals surface area contributed by atoms with E-state index in [0.29, 0.717) is 12.3 Å². The predicted octanol–water partition coefficient (Wildman–Crippen LogP) is 3.60. The lowest BCUT2D eigenvalue weighted by Gasteiger charge is -2.32. The van der Waals surface area contributed by atoms with Crippen LogP contribution in [0, 0.1) is 6.92 Å². The average molecular weight is 298 g/mol. The summed E-state index contributed by atoms with van der Waals surface area (Å²) in [6, 6.07) is 18.3. The number of aliphatic imine (C=N–C) groups is 1. The highest BCUT2D eigenvalue weighted by molar-refractivity contribution is 8.14. The van der Waals surface area contributed by atoms with Crippen molar-refractivity contribution in [3.8, 4) is 0 Å². The van der Waals surface area contributed by atoms with Crippen LogP contribution in [-0.4, -0.2) is 28.7 Å². The lowest BCUT2D eigenvalue weighted by molar-refractivity contribution is 0.207. The Morgan fingerprint density at radius 1 is 1.10 bits per heavy atom. The molecule has 0 aliphatic carbocycles. The zero-order valence-electron chi connectivity index (χ0n) is 11.9. The van der Waals surface area contributed by atoms with Crippen LogP contribution in [0.3, 0.4) is 0 Å². The predicted molar refractivity (Wildman–Crippen MR) is 90.5 cm³/mol. The Morgan fingerprint density at radius 3 is 2.52 bits per heavy atom. The summed E-state index contributed by atoms with van der Waals surface area (Å²) in [6.07, 6.45) is -0.328. The van der Waals surface area contributed by atoms with Gasteiger partial charge in [0.1, 0.15) is 0 Å². The fraction of sp³-hybridized carbons (Fsp3) is 0.235. The van der Waals surface area contributed by atoms with Crippen molar-refractivity contribution < 1.29 is 5.11 Å². The summed E-state index contributed by atoms with van der Waals surface area (Å²) >= 11 is 1.60. The number of hydrogen-bond donors (Lipinski definition) is 1. The standard InChI is InChI=1S/C17H18N2OS/c1-13-7-9-15(10-8-13)19-11-16(20)12-21-17(19)18-14-5-3-2-4-6-14/h2-10,16,20H,11-12H2,1H3/t16-/m1/s1. The molecular weight excluding hydrogens is 280 g/mol. The van der Waals surface area contributed by atoms with Gasteiger partial charge in [-0.25, -0.2) is 4.99 Å². The van der Waals surface area contributed by atoms with E-state index in [0.717, 1.165) is 16.5 Å². The molecular formula is C17H18N2OS. The molecule has 1 fully saturated rings. The Morgan fingerprint density at radius 2 is 1.81 bits per heavy atom. The molecule has 0 saturated carbocycles. The number of benzene rings is 2. The van der Waals surface area contributed by atoms with Gasteiger partial charge in [-0.15, -0.1) is 0 Å². The third kappa shape index (κ3) is 3.46. The van der Waals surface area contributed by atoms with Gasteiger partial charge in [-0.2, -0.15) is 0 Å². The minimum absolute atomic E-state index is 0.328. The molecule has 1 aliphatic heterocycles. The summed E-state index contributed by atoms with van der Waals surface area (Å²) in [4.78, 5) is 6.82. The summed E-state index contributed by atoms with van der Waals surface area (Å²) in [5, 5.41) is 10.9. The van der Waals surface area contributed by atoms with E-state index < -0.39 is 0 Å². The molecule has 2 aromatic rings. The van der Waals surface area contributed by atoms with E-state index in [1.165, 1.54) is 5.56 Å². The SMILES string of the molecule is Cc1ccc(N2C[C@@H](O)CSC2=Nc2ccccc2)cc1. The quantitative estimate of drug-likeness (QED) is 0.920. The zero-order valence-corrected chi connectivity index (χ0v) is 12.8. The first-order valence-electron chi connectivity index (χ1n) is 7.01. The molecule has 1 aliphatic rings. The van der Waals surface area contributed by atoms with Crippen LogP contribution >= 0.6 is 11.8 Å². The number of anilines is 1. The van der Waals surface area contributed by atoms with Crippen molar-refractivity contribution in [3.05, 3.63) is 60.2 Å². The Kier molecular flexibility index (Phi) is 4.27. The maximum absolute atomic E-state index is 9.96. The summed E-state index contributed by atoms with van der Waals surface area (Å²) in [5.74, 6) is 0.689. The number of aliphatic hydroxyl groups is 1. The molecule has 21 heavy (non-hydrogen) atoms. The van der Waals surface area contributed by atoms with Gasteiger partial charge >= 0.3 is 0 Å². The molecule has 0 spiro atoms. The molecule has 0 bridgehead atoms. The minimum Gasteiger partial charge on any atom is -0.390 e. The molecule has 0 amide bonds. The van der Waals surface area contributed by atoms with Gasteiger partial charge in [0.25, 0.3) is 0 Å². The number of nitrogens with zero attached hydrogens (tertiary/aromatic N) is 2. The number of hydrogen-bond acceptors (Lipinski definition) is 3. The Bertz CT molecular complexity index is 625. The van der Waals surface area contributed by atoms with E-state index in [9.17, 15) is 5.11 Å². The summed E-state index contributed by atoms with van der Waals surface area (Å²) in [6.45, 7) is 2.66. The van der Waals surface area contributed by atoms with Crippen molar-refractivity contribution >= 4 is 28.3 Å². The maximum Gasteiger partial charge on any atom is 0.169 e. The van der Waals surface area contributed by atoms with Gasteiger partial charge in [0, 0.05) is 11.4 Å². The van der Waals surface area contributed by atoms with Crippen molar-refractivity contribution in [2.24, 2.45) is 4.99 Å². The number of rotatable bonds is 2. The van der Waals surface area contributed by atoms with Crippen LogP contribution in [0.25, 0.3) is 0 Å². The van der Waals surface area contributed by atoms with Crippen LogP contribution in [0.15, 0.2) is 59.6 Å². The number of para-hydroxylation sites is 1. The van der Waals surface area contributed by atoms with E-state index in [2.05, 4.69) is 36.1 Å². The van der Waals surface area contributed by atoms with Gasteiger partial charge in [0.2, 0.25) is 0 Å². The number of amidine groups is 1. The highest BCUT2D eigenvalue weighted by Gasteiger charge is 2.24. The fourth-order valence-electron chi connectivity index (χ4n) is 2.24. The summed E-state index contributed by atoms with van der Waals surface area (Å²) < 4.78 is 0. The van der Waals surface area contributed by atoms with Gasteiger partial charge in [0.15, 0.2) is 5.17 Å². The second-order valence-corrected chi connectivity index (χ2v) is 6.13. The van der Waals surface area contributed by atoms with Gasteiger partial charge in [0.05, 0.1) is 18.3 Å². The number of thioether (sulfide) groups is 1. The van der Waals surface area contributed by atoms with Crippen LogP contribution in [0.1, 0.15) is 5.56 Å². The first-order valence-corrected chi connectivity index (χ1v) is 8.00. The van der Waals surface area contributed by atoms with Crippen molar-refractivity contribution in [1.29, 1.82) is 0 Å². The fourth-order valence-corrected chi connectivity index (χ4v) is 3.19. The molecule has 108 valence electrons. The van der Waals surface area contributed by atoms with Crippen LogP contribution in [-0.2, 0) is 0 Å². The largest absolute Gasteiger partial charge is 0.390 e. The smallest absolute Gasteiger partial charge is 0.169 e. The van der Waals surface area contributed by atoms with Crippen LogP contribution in [0.2, 0.25) is 0 Å². The van der Waals surface area contributed by atoms with Crippen molar-refractivity contribution in [3.63, 3.8) is 0 Å². The molecule has 0 unspecified atom stereocenters. The summed E-state index contributed by atoms with van der Waals surface area (Å²) in [7, 11) is 0. The summed E-state index contributed by atoms with van der Waals surface area (Å²) in [5.41, 5.74) is 3.24. The van der Waals surface area contributed by atoms with E-state index in [1.807, 2.05) is 30.3 Å². The third-order valence-electron chi connectivity index (χ3n) is 3.36. The maximum atomic E-state index is 9.96. The molecule has 4 heteroatoms. The van der Waals surface area contributed by atoms with E-state index in [-0.39, 0.29) is 6.10 Å². The highest BCUT2D eigenvalue weighted by atomic mass is 32.2. The number of aliphatic hydroxyl groups excluding tert-OH is 1. The molecule has 0 radical (unpaired) electrons.